The number of nitrogens with zero attached hydrogens (tertiary/aromatic N) is 3. The zero-order valence-electron chi connectivity index (χ0n) is 17.5. The Labute approximate surface area is 172 Å². The van der Waals surface area contributed by atoms with Gasteiger partial charge in [-0.05, 0) is 49.1 Å². The maximum Gasteiger partial charge on any atom is 0.254 e. The third kappa shape index (κ3) is 5.31. The third-order valence-corrected chi connectivity index (χ3v) is 4.92. The SMILES string of the molecule is Cc1ccc(C)c(Cn2ccnc2CN(CC(C)C)C(=O)c2cccc(F)c2)c1. The van der Waals surface area contributed by atoms with Gasteiger partial charge in [0, 0.05) is 31.0 Å². The topological polar surface area (TPSA) is 38.1 Å². The van der Waals surface area contributed by atoms with Crippen molar-refractivity contribution in [3.8, 4) is 0 Å². The van der Waals surface area contributed by atoms with Crippen LogP contribution in [0.3, 0.4) is 0 Å². The minimum absolute atomic E-state index is 0.181. The van der Waals surface area contributed by atoms with Crippen LogP contribution in [0, 0.1) is 25.6 Å². The van der Waals surface area contributed by atoms with Crippen molar-refractivity contribution in [3.63, 3.8) is 0 Å². The molecule has 0 unspecified atom stereocenters. The van der Waals surface area contributed by atoms with Gasteiger partial charge in [0.2, 0.25) is 0 Å². The van der Waals surface area contributed by atoms with Crippen LogP contribution in [0.1, 0.15) is 46.7 Å². The summed E-state index contributed by atoms with van der Waals surface area (Å²) in [6.45, 7) is 9.97. The van der Waals surface area contributed by atoms with Crippen LogP contribution in [0.5, 0.6) is 0 Å². The molecule has 0 N–H and O–H groups in total. The summed E-state index contributed by atoms with van der Waals surface area (Å²) >= 11 is 0. The van der Waals surface area contributed by atoms with Gasteiger partial charge in [0.25, 0.3) is 5.91 Å². The van der Waals surface area contributed by atoms with Crippen LogP contribution in [-0.4, -0.2) is 26.9 Å². The molecule has 2 aromatic carbocycles. The average molecular weight is 394 g/mol. The fourth-order valence-electron chi connectivity index (χ4n) is 3.42. The summed E-state index contributed by atoms with van der Waals surface area (Å²) in [7, 11) is 0. The summed E-state index contributed by atoms with van der Waals surface area (Å²) in [6, 6.07) is 12.3. The van der Waals surface area contributed by atoms with Gasteiger partial charge < -0.3 is 9.47 Å². The number of hydrogen-bond donors (Lipinski definition) is 0. The lowest BCUT2D eigenvalue weighted by atomic mass is 10.1. The highest BCUT2D eigenvalue weighted by Gasteiger charge is 2.20. The van der Waals surface area contributed by atoms with E-state index in [1.54, 1.807) is 23.2 Å². The number of aromatic nitrogens is 2. The molecule has 0 aliphatic heterocycles. The number of benzene rings is 2. The number of rotatable bonds is 7. The first-order chi connectivity index (χ1) is 13.8. The number of hydrogen-bond acceptors (Lipinski definition) is 2. The van der Waals surface area contributed by atoms with Crippen molar-refractivity contribution in [1.29, 1.82) is 0 Å². The van der Waals surface area contributed by atoms with Crippen molar-refractivity contribution in [2.45, 2.75) is 40.8 Å². The molecule has 0 radical (unpaired) electrons. The van der Waals surface area contributed by atoms with Gasteiger partial charge in [-0.2, -0.15) is 0 Å². The number of amides is 1. The van der Waals surface area contributed by atoms with E-state index >= 15 is 0 Å². The largest absolute Gasteiger partial charge is 0.331 e. The van der Waals surface area contributed by atoms with Crippen LogP contribution in [0.2, 0.25) is 0 Å². The lowest BCUT2D eigenvalue weighted by Gasteiger charge is -2.25. The van der Waals surface area contributed by atoms with Gasteiger partial charge in [0.1, 0.15) is 11.6 Å². The van der Waals surface area contributed by atoms with Crippen LogP contribution >= 0.6 is 0 Å². The smallest absolute Gasteiger partial charge is 0.254 e. The molecule has 0 atom stereocenters. The number of imidazole rings is 1. The van der Waals surface area contributed by atoms with Gasteiger partial charge in [0.05, 0.1) is 6.54 Å². The molecule has 0 aliphatic rings. The molecule has 29 heavy (non-hydrogen) atoms. The van der Waals surface area contributed by atoms with Crippen LogP contribution in [-0.2, 0) is 13.1 Å². The van der Waals surface area contributed by atoms with E-state index in [9.17, 15) is 9.18 Å². The van der Waals surface area contributed by atoms with Crippen LogP contribution < -0.4 is 0 Å². The Morgan fingerprint density at radius 3 is 2.69 bits per heavy atom. The van der Waals surface area contributed by atoms with E-state index in [0.717, 1.165) is 5.82 Å². The molecule has 4 nitrogen and oxygen atoms in total. The first-order valence-electron chi connectivity index (χ1n) is 9.94. The summed E-state index contributed by atoms with van der Waals surface area (Å²) in [4.78, 5) is 19.3. The minimum atomic E-state index is -0.406. The highest BCUT2D eigenvalue weighted by atomic mass is 19.1. The summed E-state index contributed by atoms with van der Waals surface area (Å²) in [6.07, 6.45) is 3.71. The second-order valence-electron chi connectivity index (χ2n) is 7.99. The monoisotopic (exact) mass is 393 g/mol. The fraction of sp³-hybridized carbons (Fsp3) is 0.333. The molecule has 0 saturated heterocycles. The minimum Gasteiger partial charge on any atom is -0.331 e. The van der Waals surface area contributed by atoms with E-state index in [4.69, 9.17) is 0 Å². The normalized spacial score (nSPS) is 11.1. The first kappa shape index (κ1) is 20.8. The van der Waals surface area contributed by atoms with Gasteiger partial charge in [-0.3, -0.25) is 4.79 Å². The predicted molar refractivity (Wildman–Crippen MR) is 113 cm³/mol. The molecular weight excluding hydrogens is 365 g/mol. The molecule has 152 valence electrons. The molecule has 0 fully saturated rings. The standard InChI is InChI=1S/C24H28FN3O/c1-17(2)14-28(24(29)20-6-5-7-22(25)13-20)16-23-26-10-11-27(23)15-21-12-18(3)8-9-19(21)4/h5-13,17H,14-16H2,1-4H3. The van der Waals surface area contributed by atoms with Crippen molar-refractivity contribution in [1.82, 2.24) is 14.5 Å². The van der Waals surface area contributed by atoms with E-state index in [-0.39, 0.29) is 11.8 Å². The predicted octanol–water partition coefficient (Wildman–Crippen LogP) is 4.99. The zero-order chi connectivity index (χ0) is 21.0. The molecule has 1 amide bonds. The second kappa shape index (κ2) is 9.03. The lowest BCUT2D eigenvalue weighted by molar-refractivity contribution is 0.0715. The Kier molecular flexibility index (Phi) is 6.47. The molecule has 3 rings (SSSR count). The van der Waals surface area contributed by atoms with Crippen molar-refractivity contribution < 1.29 is 9.18 Å². The van der Waals surface area contributed by atoms with Crippen LogP contribution in [0.15, 0.2) is 54.9 Å². The maximum absolute atomic E-state index is 13.6. The molecule has 0 aliphatic carbocycles. The van der Waals surface area contributed by atoms with Gasteiger partial charge in [-0.15, -0.1) is 0 Å². The highest BCUT2D eigenvalue weighted by Crippen LogP contribution is 2.16. The Balaban J connectivity index is 1.84. The maximum atomic E-state index is 13.6. The Hall–Kier alpha value is -2.95. The fourth-order valence-corrected chi connectivity index (χ4v) is 3.42. The van der Waals surface area contributed by atoms with Crippen LogP contribution in [0.25, 0.3) is 0 Å². The Bertz CT molecular complexity index is 993. The van der Waals surface area contributed by atoms with Gasteiger partial charge in [-0.1, -0.05) is 43.7 Å². The van der Waals surface area contributed by atoms with E-state index in [0.29, 0.717) is 25.2 Å². The molecule has 1 aromatic heterocycles. The van der Waals surface area contributed by atoms with Gasteiger partial charge in [0.15, 0.2) is 0 Å². The molecular formula is C24H28FN3O. The quantitative estimate of drug-likeness (QED) is 0.567. The number of carbonyl (C=O) groups is 1. The molecule has 5 heteroatoms. The van der Waals surface area contributed by atoms with Gasteiger partial charge in [-0.25, -0.2) is 9.37 Å². The van der Waals surface area contributed by atoms with E-state index < -0.39 is 5.82 Å². The number of carbonyl (C=O) groups excluding carboxylic acids is 1. The zero-order valence-corrected chi connectivity index (χ0v) is 17.5. The summed E-state index contributed by atoms with van der Waals surface area (Å²) in [5.41, 5.74) is 4.04. The third-order valence-electron chi connectivity index (χ3n) is 4.92. The number of halogens is 1. The van der Waals surface area contributed by atoms with E-state index in [2.05, 4.69) is 55.4 Å². The molecule has 1 heterocycles. The lowest BCUT2D eigenvalue weighted by Crippen LogP contribution is -2.34. The van der Waals surface area contributed by atoms with Crippen molar-refractivity contribution in [3.05, 3.63) is 88.8 Å². The average Bonchev–Trinajstić information content (AvgIpc) is 3.10. The first-order valence-corrected chi connectivity index (χ1v) is 9.94. The Morgan fingerprint density at radius 2 is 1.97 bits per heavy atom. The highest BCUT2D eigenvalue weighted by molar-refractivity contribution is 5.94. The van der Waals surface area contributed by atoms with Crippen molar-refractivity contribution in [2.24, 2.45) is 5.92 Å². The number of aryl methyl sites for hydroxylation is 2. The van der Waals surface area contributed by atoms with Crippen molar-refractivity contribution in [2.75, 3.05) is 6.54 Å². The second-order valence-corrected chi connectivity index (χ2v) is 7.99. The molecule has 3 aromatic rings. The Morgan fingerprint density at radius 1 is 1.17 bits per heavy atom. The van der Waals surface area contributed by atoms with Gasteiger partial charge >= 0.3 is 0 Å². The summed E-state index contributed by atoms with van der Waals surface area (Å²) < 4.78 is 15.7. The van der Waals surface area contributed by atoms with Crippen molar-refractivity contribution >= 4 is 5.91 Å². The van der Waals surface area contributed by atoms with Crippen LogP contribution in [0.4, 0.5) is 4.39 Å². The molecule has 0 saturated carbocycles. The summed E-state index contributed by atoms with van der Waals surface area (Å²) in [5, 5.41) is 0. The molecule has 0 spiro atoms. The summed E-state index contributed by atoms with van der Waals surface area (Å²) in [5.74, 6) is 0.516. The molecule has 0 bridgehead atoms. The van der Waals surface area contributed by atoms with E-state index in [1.807, 2.05) is 6.20 Å². The van der Waals surface area contributed by atoms with E-state index in [1.165, 1.54) is 28.8 Å².